The third kappa shape index (κ3) is 5.25. The zero-order valence-corrected chi connectivity index (χ0v) is 16.3. The predicted molar refractivity (Wildman–Crippen MR) is 105 cm³/mol. The Balaban J connectivity index is 1.94. The predicted octanol–water partition coefficient (Wildman–Crippen LogP) is 4.64. The van der Waals surface area contributed by atoms with Gasteiger partial charge in [0, 0.05) is 6.42 Å². The molecule has 0 radical (unpaired) electrons. The first kappa shape index (κ1) is 19.8. The van der Waals surface area contributed by atoms with Crippen LogP contribution in [-0.4, -0.2) is 20.1 Å². The topological polar surface area (TPSA) is 47.6 Å². The number of methoxy groups -OCH3 is 2. The van der Waals surface area contributed by atoms with E-state index in [1.165, 1.54) is 5.56 Å². The van der Waals surface area contributed by atoms with E-state index in [2.05, 4.69) is 43.4 Å². The Kier molecular flexibility index (Phi) is 7.07. The van der Waals surface area contributed by atoms with Gasteiger partial charge in [0.25, 0.3) is 0 Å². The molecule has 0 saturated carbocycles. The van der Waals surface area contributed by atoms with Crippen molar-refractivity contribution in [2.75, 3.05) is 14.2 Å². The molecule has 4 heteroatoms. The van der Waals surface area contributed by atoms with Crippen LogP contribution in [0.4, 0.5) is 0 Å². The Labute approximate surface area is 156 Å². The normalized spacial score (nSPS) is 11.9. The van der Waals surface area contributed by atoms with Crippen LogP contribution in [-0.2, 0) is 11.2 Å². The van der Waals surface area contributed by atoms with E-state index in [9.17, 15) is 4.79 Å². The minimum atomic E-state index is -0.0177. The van der Waals surface area contributed by atoms with Crippen LogP contribution in [0, 0.1) is 0 Å². The lowest BCUT2D eigenvalue weighted by Crippen LogP contribution is -2.26. The summed E-state index contributed by atoms with van der Waals surface area (Å²) in [4.78, 5) is 12.3. The lowest BCUT2D eigenvalue weighted by Gasteiger charge is -2.16. The van der Waals surface area contributed by atoms with Gasteiger partial charge in [-0.05, 0) is 54.2 Å². The van der Waals surface area contributed by atoms with Gasteiger partial charge >= 0.3 is 0 Å². The highest BCUT2D eigenvalue weighted by atomic mass is 16.5. The summed E-state index contributed by atoms with van der Waals surface area (Å²) in [6.45, 7) is 6.36. The summed E-state index contributed by atoms with van der Waals surface area (Å²) in [6.07, 6.45) is 1.00. The summed E-state index contributed by atoms with van der Waals surface area (Å²) in [6, 6.07) is 14.1. The van der Waals surface area contributed by atoms with E-state index in [0.29, 0.717) is 18.8 Å². The van der Waals surface area contributed by atoms with E-state index in [0.717, 1.165) is 22.6 Å². The molecule has 0 fully saturated rings. The van der Waals surface area contributed by atoms with Gasteiger partial charge < -0.3 is 14.8 Å². The maximum absolute atomic E-state index is 12.3. The van der Waals surface area contributed by atoms with Crippen molar-refractivity contribution in [1.29, 1.82) is 0 Å². The van der Waals surface area contributed by atoms with Crippen molar-refractivity contribution in [2.45, 2.75) is 45.6 Å². The second-order valence-corrected chi connectivity index (χ2v) is 6.79. The number of hydrogen-bond donors (Lipinski definition) is 1. The van der Waals surface area contributed by atoms with Crippen LogP contribution in [0.5, 0.6) is 11.5 Å². The summed E-state index contributed by atoms with van der Waals surface area (Å²) in [5.41, 5.74) is 3.38. The SMILES string of the molecule is COc1ccc(OC)c(CCC(=O)NC(C)c2ccc(C(C)C)cc2)c1. The van der Waals surface area contributed by atoms with Gasteiger partial charge in [0.05, 0.1) is 20.3 Å². The van der Waals surface area contributed by atoms with Gasteiger partial charge in [-0.3, -0.25) is 4.79 Å². The van der Waals surface area contributed by atoms with Crippen molar-refractivity contribution in [3.63, 3.8) is 0 Å². The lowest BCUT2D eigenvalue weighted by atomic mass is 9.99. The summed E-state index contributed by atoms with van der Waals surface area (Å²) in [5.74, 6) is 2.07. The smallest absolute Gasteiger partial charge is 0.220 e. The minimum Gasteiger partial charge on any atom is -0.497 e. The Hall–Kier alpha value is -2.49. The van der Waals surface area contributed by atoms with Crippen LogP contribution >= 0.6 is 0 Å². The molecule has 0 heterocycles. The van der Waals surface area contributed by atoms with E-state index in [1.54, 1.807) is 14.2 Å². The lowest BCUT2D eigenvalue weighted by molar-refractivity contribution is -0.121. The Morgan fingerprint density at radius 1 is 0.962 bits per heavy atom. The van der Waals surface area contributed by atoms with Crippen LogP contribution in [0.15, 0.2) is 42.5 Å². The maximum Gasteiger partial charge on any atom is 0.220 e. The highest BCUT2D eigenvalue weighted by Crippen LogP contribution is 2.25. The molecule has 2 aromatic carbocycles. The first-order valence-electron chi connectivity index (χ1n) is 9.04. The van der Waals surface area contributed by atoms with Crippen molar-refractivity contribution in [1.82, 2.24) is 5.32 Å². The molecule has 140 valence electrons. The van der Waals surface area contributed by atoms with Crippen LogP contribution < -0.4 is 14.8 Å². The van der Waals surface area contributed by atoms with Gasteiger partial charge in [-0.1, -0.05) is 38.1 Å². The van der Waals surface area contributed by atoms with Gasteiger partial charge in [-0.2, -0.15) is 0 Å². The molecular formula is C22H29NO3. The van der Waals surface area contributed by atoms with Crippen molar-refractivity contribution in [3.05, 3.63) is 59.2 Å². The molecule has 0 bridgehead atoms. The van der Waals surface area contributed by atoms with Crippen LogP contribution in [0.3, 0.4) is 0 Å². The number of hydrogen-bond acceptors (Lipinski definition) is 3. The second kappa shape index (κ2) is 9.27. The summed E-state index contributed by atoms with van der Waals surface area (Å²) in [7, 11) is 3.26. The molecule has 2 aromatic rings. The fourth-order valence-corrected chi connectivity index (χ4v) is 2.89. The standard InChI is InChI=1S/C22H29NO3/c1-15(2)17-6-8-18(9-7-17)16(3)23-22(24)13-10-19-14-20(25-4)11-12-21(19)26-5/h6-9,11-12,14-16H,10,13H2,1-5H3,(H,23,24). The summed E-state index contributed by atoms with van der Waals surface area (Å²) in [5, 5.41) is 3.07. The van der Waals surface area contributed by atoms with Crippen molar-refractivity contribution < 1.29 is 14.3 Å². The quantitative estimate of drug-likeness (QED) is 0.750. The molecule has 4 nitrogen and oxygen atoms in total. The number of rotatable bonds is 8. The van der Waals surface area contributed by atoms with E-state index in [1.807, 2.05) is 25.1 Å². The third-order valence-corrected chi connectivity index (χ3v) is 4.59. The molecule has 1 unspecified atom stereocenters. The van der Waals surface area contributed by atoms with Crippen LogP contribution in [0.25, 0.3) is 0 Å². The van der Waals surface area contributed by atoms with Crippen molar-refractivity contribution in [3.8, 4) is 11.5 Å². The molecule has 2 rings (SSSR count). The third-order valence-electron chi connectivity index (χ3n) is 4.59. The van der Waals surface area contributed by atoms with E-state index in [-0.39, 0.29) is 11.9 Å². The molecule has 1 N–H and O–H groups in total. The Morgan fingerprint density at radius 2 is 1.62 bits per heavy atom. The zero-order valence-electron chi connectivity index (χ0n) is 16.3. The number of nitrogens with one attached hydrogen (secondary N) is 1. The zero-order chi connectivity index (χ0) is 19.1. The minimum absolute atomic E-state index is 0.0177. The van der Waals surface area contributed by atoms with E-state index >= 15 is 0 Å². The molecule has 26 heavy (non-hydrogen) atoms. The molecule has 0 saturated heterocycles. The average molecular weight is 355 g/mol. The molecular weight excluding hydrogens is 326 g/mol. The molecule has 0 aromatic heterocycles. The van der Waals surface area contributed by atoms with Crippen LogP contribution in [0.1, 0.15) is 55.8 Å². The molecule has 0 aliphatic rings. The summed E-state index contributed by atoms with van der Waals surface area (Å²) >= 11 is 0. The number of amides is 1. The van der Waals surface area contributed by atoms with Gasteiger partial charge in [0.1, 0.15) is 11.5 Å². The maximum atomic E-state index is 12.3. The number of ether oxygens (including phenoxy) is 2. The molecule has 1 atom stereocenters. The first-order valence-corrected chi connectivity index (χ1v) is 9.04. The van der Waals surface area contributed by atoms with Gasteiger partial charge in [0.2, 0.25) is 5.91 Å². The fourth-order valence-electron chi connectivity index (χ4n) is 2.89. The average Bonchev–Trinajstić information content (AvgIpc) is 2.66. The number of carbonyl (C=O) groups is 1. The molecule has 0 aliphatic heterocycles. The largest absolute Gasteiger partial charge is 0.497 e. The van der Waals surface area contributed by atoms with Crippen LogP contribution in [0.2, 0.25) is 0 Å². The highest BCUT2D eigenvalue weighted by molar-refractivity contribution is 5.76. The molecule has 0 spiro atoms. The van der Waals surface area contributed by atoms with Gasteiger partial charge in [-0.25, -0.2) is 0 Å². The van der Waals surface area contributed by atoms with Gasteiger partial charge in [-0.15, -0.1) is 0 Å². The Morgan fingerprint density at radius 3 is 2.19 bits per heavy atom. The first-order chi connectivity index (χ1) is 12.4. The summed E-state index contributed by atoms with van der Waals surface area (Å²) < 4.78 is 10.6. The van der Waals surface area contributed by atoms with Gasteiger partial charge in [0.15, 0.2) is 0 Å². The van der Waals surface area contributed by atoms with Crippen molar-refractivity contribution >= 4 is 5.91 Å². The molecule has 0 aliphatic carbocycles. The number of carbonyl (C=O) groups excluding carboxylic acids is 1. The number of aryl methyl sites for hydroxylation is 1. The van der Waals surface area contributed by atoms with E-state index in [4.69, 9.17) is 9.47 Å². The highest BCUT2D eigenvalue weighted by Gasteiger charge is 2.12. The van der Waals surface area contributed by atoms with Crippen molar-refractivity contribution in [2.24, 2.45) is 0 Å². The Bertz CT molecular complexity index is 723. The van der Waals surface area contributed by atoms with E-state index < -0.39 is 0 Å². The molecule has 1 amide bonds. The monoisotopic (exact) mass is 355 g/mol. The second-order valence-electron chi connectivity index (χ2n) is 6.79. The fraction of sp³-hybridized carbons (Fsp3) is 0.409. The number of benzene rings is 2.